The molecule has 0 saturated carbocycles. The van der Waals surface area contributed by atoms with E-state index in [1.807, 2.05) is 24.3 Å². The van der Waals surface area contributed by atoms with Crippen LogP contribution >= 0.6 is 17.0 Å². The van der Waals surface area contributed by atoms with Gasteiger partial charge >= 0.3 is 78.6 Å². The molecule has 0 amide bonds. The average molecular weight is 291 g/mol. The average Bonchev–Trinajstić information content (AvgIpc) is 2.04. The molecule has 0 saturated heterocycles. The van der Waals surface area contributed by atoms with E-state index in [1.165, 1.54) is 0 Å². The van der Waals surface area contributed by atoms with Crippen molar-refractivity contribution >= 4 is 32.1 Å². The van der Waals surface area contributed by atoms with Gasteiger partial charge in [0.15, 0.2) is 0 Å². The molecule has 63 valence electrons. The first-order valence-corrected chi connectivity index (χ1v) is 5.10. The summed E-state index contributed by atoms with van der Waals surface area (Å²) in [5.74, 6) is 0. The van der Waals surface area contributed by atoms with Crippen LogP contribution in [0.1, 0.15) is 0 Å². The van der Waals surface area contributed by atoms with Crippen molar-refractivity contribution in [3.63, 3.8) is 0 Å². The first-order chi connectivity index (χ1) is 5.77. The number of halogens is 1. The summed E-state index contributed by atoms with van der Waals surface area (Å²) in [7, 11) is 0. The zero-order valence-corrected chi connectivity index (χ0v) is 11.5. The SMILES string of the molecule is Br.O=c1c[c]([Zn])c2ccccc2o1. The van der Waals surface area contributed by atoms with E-state index >= 15 is 0 Å². The van der Waals surface area contributed by atoms with Crippen molar-refractivity contribution in [3.05, 3.63) is 40.8 Å². The molecule has 1 aromatic heterocycles. The number of para-hydroxylation sites is 1. The van der Waals surface area contributed by atoms with Crippen LogP contribution in [0.5, 0.6) is 0 Å². The van der Waals surface area contributed by atoms with Gasteiger partial charge in [0.1, 0.15) is 0 Å². The van der Waals surface area contributed by atoms with Crippen LogP contribution in [0.4, 0.5) is 0 Å². The van der Waals surface area contributed by atoms with Gasteiger partial charge in [0.25, 0.3) is 0 Å². The molecule has 0 aliphatic heterocycles. The molecule has 0 spiro atoms. The molecule has 0 bridgehead atoms. The second-order valence-corrected chi connectivity index (χ2v) is 4.19. The first-order valence-electron chi connectivity index (χ1n) is 3.62. The van der Waals surface area contributed by atoms with Crippen LogP contribution in [0.15, 0.2) is 39.5 Å². The Morgan fingerprint density at radius 2 is 1.92 bits per heavy atom. The number of hydrogen-bond donors (Lipinski definition) is 0. The van der Waals surface area contributed by atoms with Crippen molar-refractivity contribution in [1.29, 1.82) is 0 Å². The topological polar surface area (TPSA) is 30.2 Å². The summed E-state index contributed by atoms with van der Waals surface area (Å²) in [6.45, 7) is 0. The fourth-order valence-corrected chi connectivity index (χ4v) is 2.14. The molecule has 0 aliphatic carbocycles. The zero-order valence-electron chi connectivity index (χ0n) is 6.82. The van der Waals surface area contributed by atoms with Gasteiger partial charge in [-0.15, -0.1) is 17.0 Å². The third kappa shape index (κ3) is 2.06. The Labute approximate surface area is 95.4 Å². The molecule has 0 N–H and O–H groups in total. The van der Waals surface area contributed by atoms with E-state index in [2.05, 4.69) is 0 Å². The molecular formula is C9H6BrO2Zn. The van der Waals surface area contributed by atoms with E-state index in [0.717, 1.165) is 27.8 Å². The Hall–Kier alpha value is -0.467. The molecule has 2 aromatic rings. The summed E-state index contributed by atoms with van der Waals surface area (Å²) in [6, 6.07) is 9.15. The molecule has 0 unspecified atom stereocenters. The molecule has 2 rings (SSSR count). The van der Waals surface area contributed by atoms with E-state index in [0.29, 0.717) is 5.58 Å². The quantitative estimate of drug-likeness (QED) is 0.544. The fraction of sp³-hybridized carbons (Fsp3) is 0. The molecule has 0 radical (unpaired) electrons. The number of benzene rings is 1. The molecule has 0 fully saturated rings. The van der Waals surface area contributed by atoms with Crippen LogP contribution in [-0.4, -0.2) is 0 Å². The number of hydrogen-bond acceptors (Lipinski definition) is 2. The van der Waals surface area contributed by atoms with E-state index in [1.54, 1.807) is 6.07 Å². The maximum absolute atomic E-state index is 11.0. The zero-order chi connectivity index (χ0) is 8.55. The summed E-state index contributed by atoms with van der Waals surface area (Å²) in [6.07, 6.45) is 0. The minimum absolute atomic E-state index is 0. The summed E-state index contributed by atoms with van der Waals surface area (Å²) in [5.41, 5.74) is 0.432. The third-order valence-corrected chi connectivity index (χ3v) is 2.96. The molecule has 1 aromatic carbocycles. The van der Waals surface area contributed by atoms with Crippen LogP contribution in [0.25, 0.3) is 11.0 Å². The Kier molecular flexibility index (Phi) is 3.40. The van der Waals surface area contributed by atoms with E-state index in [9.17, 15) is 4.79 Å². The fourth-order valence-electron chi connectivity index (χ4n) is 1.18. The minimum atomic E-state index is -0.255. The molecule has 13 heavy (non-hydrogen) atoms. The van der Waals surface area contributed by atoms with Crippen molar-refractivity contribution < 1.29 is 22.7 Å². The van der Waals surface area contributed by atoms with Crippen LogP contribution < -0.4 is 9.78 Å². The van der Waals surface area contributed by atoms with Crippen molar-refractivity contribution in [2.24, 2.45) is 0 Å². The van der Waals surface area contributed by atoms with Crippen molar-refractivity contribution in [3.8, 4) is 0 Å². The molecule has 2 nitrogen and oxygen atoms in total. The number of fused-ring (bicyclic) bond motifs is 1. The molecule has 4 heteroatoms. The summed E-state index contributed by atoms with van der Waals surface area (Å²) in [5, 5.41) is 1.05. The number of rotatable bonds is 0. The molecule has 0 aliphatic rings. The standard InChI is InChI=1S/C9H5O2.BrH.Zn/c10-9-6-5-7-3-1-2-4-8(7)11-9;;/h1-4,6H;1H;. The van der Waals surface area contributed by atoms with E-state index in [4.69, 9.17) is 4.42 Å². The predicted octanol–water partition coefficient (Wildman–Crippen LogP) is 1.54. The van der Waals surface area contributed by atoms with Gasteiger partial charge in [0.2, 0.25) is 0 Å². The molecular weight excluding hydrogens is 285 g/mol. The molecule has 1 heterocycles. The Bertz CT molecular complexity index is 478. The van der Waals surface area contributed by atoms with Gasteiger partial charge in [-0.3, -0.25) is 0 Å². The Morgan fingerprint density at radius 3 is 2.69 bits per heavy atom. The Morgan fingerprint density at radius 1 is 1.23 bits per heavy atom. The van der Waals surface area contributed by atoms with Crippen LogP contribution in [0.2, 0.25) is 0 Å². The Balaban J connectivity index is 0.000000845. The van der Waals surface area contributed by atoms with Crippen molar-refractivity contribution in [2.75, 3.05) is 0 Å². The van der Waals surface area contributed by atoms with E-state index < -0.39 is 0 Å². The monoisotopic (exact) mass is 289 g/mol. The second kappa shape index (κ2) is 4.16. The van der Waals surface area contributed by atoms with Gasteiger partial charge in [-0.05, 0) is 0 Å². The third-order valence-electron chi connectivity index (χ3n) is 1.74. The van der Waals surface area contributed by atoms with E-state index in [-0.39, 0.29) is 22.6 Å². The first kappa shape index (κ1) is 10.6. The summed E-state index contributed by atoms with van der Waals surface area (Å²) in [4.78, 5) is 11.0. The summed E-state index contributed by atoms with van der Waals surface area (Å²) < 4.78 is 6.09. The van der Waals surface area contributed by atoms with Gasteiger partial charge in [-0.1, -0.05) is 0 Å². The van der Waals surface area contributed by atoms with Gasteiger partial charge in [-0.25, -0.2) is 0 Å². The van der Waals surface area contributed by atoms with Crippen molar-refractivity contribution in [2.45, 2.75) is 0 Å². The second-order valence-electron chi connectivity index (χ2n) is 2.59. The molecule has 0 atom stereocenters. The normalized spacial score (nSPS) is 9.69. The predicted molar refractivity (Wildman–Crippen MR) is 52.4 cm³/mol. The summed E-state index contributed by atoms with van der Waals surface area (Å²) >= 11 is 0.978. The van der Waals surface area contributed by atoms with Crippen LogP contribution in [0, 0.1) is 0 Å². The van der Waals surface area contributed by atoms with Gasteiger partial charge < -0.3 is 0 Å². The van der Waals surface area contributed by atoms with Gasteiger partial charge in [0.05, 0.1) is 0 Å². The van der Waals surface area contributed by atoms with Crippen molar-refractivity contribution in [1.82, 2.24) is 0 Å². The van der Waals surface area contributed by atoms with Crippen LogP contribution in [-0.2, 0) is 18.3 Å². The van der Waals surface area contributed by atoms with Gasteiger partial charge in [0, 0.05) is 0 Å². The maximum atomic E-state index is 11.0. The van der Waals surface area contributed by atoms with Gasteiger partial charge in [-0.2, -0.15) is 0 Å². The van der Waals surface area contributed by atoms with Crippen LogP contribution in [0.3, 0.4) is 0 Å².